The van der Waals surface area contributed by atoms with Gasteiger partial charge in [0.15, 0.2) is 0 Å². The summed E-state index contributed by atoms with van der Waals surface area (Å²) in [6.45, 7) is 4.33. The van der Waals surface area contributed by atoms with Crippen molar-refractivity contribution in [2.75, 3.05) is 6.61 Å². The standard InChI is InChI=1S/C18H25N2O4P/c1-12-9-16-17(10-13(12)2)19-11-20-18(16)15-5-3-14(4-6-15)7-8-24-25(21,22)23/h9-11,14-15H,3-8H2,1-2H3,(H2,21,22,23). The van der Waals surface area contributed by atoms with E-state index >= 15 is 0 Å². The molecule has 0 aliphatic heterocycles. The van der Waals surface area contributed by atoms with Crippen molar-refractivity contribution in [2.24, 2.45) is 5.92 Å². The van der Waals surface area contributed by atoms with Crippen molar-refractivity contribution in [3.05, 3.63) is 35.3 Å². The number of rotatable bonds is 5. The number of benzene rings is 1. The summed E-state index contributed by atoms with van der Waals surface area (Å²) in [7, 11) is -4.35. The summed E-state index contributed by atoms with van der Waals surface area (Å²) >= 11 is 0. The van der Waals surface area contributed by atoms with Gasteiger partial charge < -0.3 is 9.79 Å². The highest BCUT2D eigenvalue weighted by Crippen LogP contribution is 2.40. The highest BCUT2D eigenvalue weighted by Gasteiger charge is 2.25. The minimum Gasteiger partial charge on any atom is -0.303 e. The monoisotopic (exact) mass is 364 g/mol. The van der Waals surface area contributed by atoms with Crippen LogP contribution in [0, 0.1) is 19.8 Å². The van der Waals surface area contributed by atoms with Crippen molar-refractivity contribution >= 4 is 18.7 Å². The molecule has 6 nitrogen and oxygen atoms in total. The molecule has 2 N–H and O–H groups in total. The predicted molar refractivity (Wildman–Crippen MR) is 96.3 cm³/mol. The second-order valence-corrected chi connectivity index (χ2v) is 8.28. The van der Waals surface area contributed by atoms with E-state index < -0.39 is 7.82 Å². The van der Waals surface area contributed by atoms with Crippen molar-refractivity contribution < 1.29 is 18.9 Å². The normalized spacial score (nSPS) is 21.6. The third kappa shape index (κ3) is 4.64. The summed E-state index contributed by atoms with van der Waals surface area (Å²) in [5, 5.41) is 1.15. The fraction of sp³-hybridized carbons (Fsp3) is 0.556. The fourth-order valence-electron chi connectivity index (χ4n) is 3.72. The Kier molecular flexibility index (Phi) is 5.54. The summed E-state index contributed by atoms with van der Waals surface area (Å²) in [6, 6.07) is 4.32. The SMILES string of the molecule is Cc1cc2ncnc(C3CCC(CCOP(=O)(O)O)CC3)c2cc1C. The van der Waals surface area contributed by atoms with Gasteiger partial charge in [0.25, 0.3) is 0 Å². The average Bonchev–Trinajstić information content (AvgIpc) is 2.55. The fourth-order valence-corrected chi connectivity index (χ4v) is 4.07. The molecule has 2 aromatic rings. The molecule has 0 radical (unpaired) electrons. The molecule has 1 aliphatic carbocycles. The lowest BCUT2D eigenvalue weighted by Crippen LogP contribution is -2.16. The van der Waals surface area contributed by atoms with E-state index in [1.54, 1.807) is 6.33 Å². The zero-order valence-electron chi connectivity index (χ0n) is 14.7. The van der Waals surface area contributed by atoms with Crippen LogP contribution in [0.15, 0.2) is 18.5 Å². The first-order chi connectivity index (χ1) is 11.8. The van der Waals surface area contributed by atoms with Crippen molar-refractivity contribution in [3.8, 4) is 0 Å². The second-order valence-electron chi connectivity index (χ2n) is 7.04. The molecule has 0 bridgehead atoms. The van der Waals surface area contributed by atoms with Crippen LogP contribution in [0.4, 0.5) is 0 Å². The largest absolute Gasteiger partial charge is 0.469 e. The van der Waals surface area contributed by atoms with Crippen LogP contribution in [0.25, 0.3) is 10.9 Å². The molecule has 0 saturated heterocycles. The summed E-state index contributed by atoms with van der Waals surface area (Å²) in [4.78, 5) is 26.5. The number of hydrogen-bond donors (Lipinski definition) is 2. The summed E-state index contributed by atoms with van der Waals surface area (Å²) in [5.74, 6) is 0.881. The highest BCUT2D eigenvalue weighted by atomic mass is 31.2. The molecule has 0 amide bonds. The van der Waals surface area contributed by atoms with Gasteiger partial charge in [-0.05, 0) is 75.1 Å². The van der Waals surface area contributed by atoms with Gasteiger partial charge in [-0.25, -0.2) is 14.5 Å². The Morgan fingerprint density at radius 1 is 1.12 bits per heavy atom. The molecular weight excluding hydrogens is 339 g/mol. The van der Waals surface area contributed by atoms with Gasteiger partial charge in [0, 0.05) is 11.3 Å². The minimum absolute atomic E-state index is 0.120. The first-order valence-corrected chi connectivity index (χ1v) is 10.3. The number of nitrogens with zero attached hydrogens (tertiary/aromatic N) is 2. The van der Waals surface area contributed by atoms with Gasteiger partial charge in [0.05, 0.1) is 17.8 Å². The van der Waals surface area contributed by atoms with Gasteiger partial charge in [0.1, 0.15) is 6.33 Å². The third-order valence-corrected chi connectivity index (χ3v) is 5.82. The molecule has 0 spiro atoms. The van der Waals surface area contributed by atoms with E-state index in [1.165, 1.54) is 11.1 Å². The minimum atomic E-state index is -4.35. The topological polar surface area (TPSA) is 92.5 Å². The maximum absolute atomic E-state index is 10.7. The van der Waals surface area contributed by atoms with Gasteiger partial charge in [-0.15, -0.1) is 0 Å². The van der Waals surface area contributed by atoms with E-state index in [-0.39, 0.29) is 6.61 Å². The van der Waals surface area contributed by atoms with Crippen molar-refractivity contribution in [3.63, 3.8) is 0 Å². The van der Waals surface area contributed by atoms with Crippen molar-refractivity contribution in [2.45, 2.75) is 51.9 Å². The lowest BCUT2D eigenvalue weighted by Gasteiger charge is -2.28. The number of fused-ring (bicyclic) bond motifs is 1. The molecule has 1 heterocycles. The van der Waals surface area contributed by atoms with E-state index in [0.717, 1.165) is 42.3 Å². The van der Waals surface area contributed by atoms with E-state index in [4.69, 9.17) is 9.79 Å². The van der Waals surface area contributed by atoms with Crippen LogP contribution >= 0.6 is 7.82 Å². The number of phosphoric ester groups is 1. The lowest BCUT2D eigenvalue weighted by atomic mass is 9.78. The zero-order chi connectivity index (χ0) is 18.0. The quantitative estimate of drug-likeness (QED) is 0.779. The van der Waals surface area contributed by atoms with Crippen molar-refractivity contribution in [1.29, 1.82) is 0 Å². The molecule has 25 heavy (non-hydrogen) atoms. The maximum Gasteiger partial charge on any atom is 0.469 e. The first kappa shape index (κ1) is 18.5. The Hall–Kier alpha value is -1.33. The average molecular weight is 364 g/mol. The van der Waals surface area contributed by atoms with Gasteiger partial charge in [-0.3, -0.25) is 4.52 Å². The molecule has 1 aromatic carbocycles. The molecule has 1 aliphatic rings. The zero-order valence-corrected chi connectivity index (χ0v) is 15.6. The van der Waals surface area contributed by atoms with Crippen LogP contribution in [0.1, 0.15) is 54.8 Å². The summed E-state index contributed by atoms with van der Waals surface area (Å²) in [6.07, 6.45) is 6.50. The van der Waals surface area contributed by atoms with Crippen LogP contribution in [0.5, 0.6) is 0 Å². The Balaban J connectivity index is 1.66. The van der Waals surface area contributed by atoms with Crippen LogP contribution in [0.2, 0.25) is 0 Å². The highest BCUT2D eigenvalue weighted by molar-refractivity contribution is 7.46. The molecule has 3 rings (SSSR count). The lowest BCUT2D eigenvalue weighted by molar-refractivity contribution is 0.173. The Morgan fingerprint density at radius 2 is 1.80 bits per heavy atom. The van der Waals surface area contributed by atoms with Gasteiger partial charge >= 0.3 is 7.82 Å². The first-order valence-electron chi connectivity index (χ1n) is 8.75. The molecule has 136 valence electrons. The van der Waals surface area contributed by atoms with Crippen LogP contribution in [-0.4, -0.2) is 26.4 Å². The maximum atomic E-state index is 10.7. The molecule has 1 fully saturated rings. The van der Waals surface area contributed by atoms with Crippen molar-refractivity contribution in [1.82, 2.24) is 9.97 Å². The molecule has 0 atom stereocenters. The Morgan fingerprint density at radius 3 is 2.48 bits per heavy atom. The van der Waals surface area contributed by atoms with Gasteiger partial charge in [-0.1, -0.05) is 0 Å². The van der Waals surface area contributed by atoms with Gasteiger partial charge in [0.2, 0.25) is 0 Å². The van der Waals surface area contributed by atoms with Crippen LogP contribution in [0.3, 0.4) is 0 Å². The summed E-state index contributed by atoms with van der Waals surface area (Å²) < 4.78 is 15.3. The number of aryl methyl sites for hydroxylation is 2. The smallest absolute Gasteiger partial charge is 0.303 e. The Bertz CT molecular complexity index is 797. The van der Waals surface area contributed by atoms with Gasteiger partial charge in [-0.2, -0.15) is 0 Å². The van der Waals surface area contributed by atoms with Crippen LogP contribution in [-0.2, 0) is 9.09 Å². The summed E-state index contributed by atoms with van der Waals surface area (Å²) in [5.41, 5.74) is 4.64. The number of aromatic nitrogens is 2. The molecular formula is C18H25N2O4P. The Labute approximate surface area is 147 Å². The predicted octanol–water partition coefficient (Wildman–Crippen LogP) is 4.02. The molecule has 7 heteroatoms. The van der Waals surface area contributed by atoms with E-state index in [0.29, 0.717) is 18.3 Å². The molecule has 0 unspecified atom stereocenters. The van der Waals surface area contributed by atoms with E-state index in [9.17, 15) is 4.57 Å². The van der Waals surface area contributed by atoms with E-state index in [2.05, 4.69) is 40.5 Å². The molecule has 1 aromatic heterocycles. The third-order valence-electron chi connectivity index (χ3n) is 5.30. The number of phosphoric acid groups is 1. The van der Waals surface area contributed by atoms with Crippen LogP contribution < -0.4 is 0 Å². The van der Waals surface area contributed by atoms with E-state index in [1.807, 2.05) is 0 Å². The molecule has 1 saturated carbocycles. The number of hydrogen-bond acceptors (Lipinski definition) is 4. The second kappa shape index (κ2) is 7.50.